The van der Waals surface area contributed by atoms with Crippen molar-refractivity contribution in [2.75, 3.05) is 0 Å². The molecule has 1 atom stereocenters. The van der Waals surface area contributed by atoms with Crippen LogP contribution < -0.4 is 5.32 Å². The smallest absolute Gasteiger partial charge is 0.220 e. The summed E-state index contributed by atoms with van der Waals surface area (Å²) in [4.78, 5) is 11.9. The summed E-state index contributed by atoms with van der Waals surface area (Å²) in [6.07, 6.45) is 0.751. The molecular formula is C17H16ClF2NO. The maximum atomic E-state index is 13.6. The van der Waals surface area contributed by atoms with Crippen LogP contribution in [0.2, 0.25) is 5.02 Å². The number of hydrogen-bond acceptors (Lipinski definition) is 1. The van der Waals surface area contributed by atoms with E-state index in [-0.39, 0.29) is 17.9 Å². The van der Waals surface area contributed by atoms with E-state index in [1.165, 1.54) is 12.1 Å². The van der Waals surface area contributed by atoms with Gasteiger partial charge in [0.15, 0.2) is 0 Å². The van der Waals surface area contributed by atoms with Gasteiger partial charge in [0.1, 0.15) is 11.6 Å². The zero-order valence-electron chi connectivity index (χ0n) is 12.1. The van der Waals surface area contributed by atoms with Gasteiger partial charge >= 0.3 is 0 Å². The van der Waals surface area contributed by atoms with Crippen LogP contribution in [0.3, 0.4) is 0 Å². The number of carbonyl (C=O) groups excluding carboxylic acids is 1. The Kier molecular flexibility index (Phi) is 5.50. The highest BCUT2D eigenvalue weighted by molar-refractivity contribution is 6.31. The maximum absolute atomic E-state index is 13.6. The van der Waals surface area contributed by atoms with Crippen LogP contribution in [0.25, 0.3) is 0 Å². The fourth-order valence-corrected chi connectivity index (χ4v) is 2.42. The Hall–Kier alpha value is -1.94. The van der Waals surface area contributed by atoms with Gasteiger partial charge in [0.2, 0.25) is 5.91 Å². The van der Waals surface area contributed by atoms with E-state index in [9.17, 15) is 13.6 Å². The SMILES string of the molecule is CC(NC(=O)CCc1ccccc1Cl)c1ccc(F)cc1F. The van der Waals surface area contributed by atoms with E-state index >= 15 is 0 Å². The molecule has 0 aliphatic heterocycles. The second-order valence-corrected chi connectivity index (χ2v) is 5.45. The predicted octanol–water partition coefficient (Wildman–Crippen LogP) is 4.43. The summed E-state index contributed by atoms with van der Waals surface area (Å²) in [5.74, 6) is -1.52. The first-order chi connectivity index (χ1) is 10.5. The van der Waals surface area contributed by atoms with Crippen LogP contribution in [0.15, 0.2) is 42.5 Å². The molecule has 5 heteroatoms. The van der Waals surface area contributed by atoms with Gasteiger partial charge in [-0.2, -0.15) is 0 Å². The largest absolute Gasteiger partial charge is 0.349 e. The lowest BCUT2D eigenvalue weighted by molar-refractivity contribution is -0.121. The fourth-order valence-electron chi connectivity index (χ4n) is 2.19. The summed E-state index contributed by atoms with van der Waals surface area (Å²) in [6.45, 7) is 1.66. The molecule has 1 unspecified atom stereocenters. The molecule has 0 saturated heterocycles. The Balaban J connectivity index is 1.93. The first-order valence-corrected chi connectivity index (χ1v) is 7.33. The number of aryl methyl sites for hydroxylation is 1. The van der Waals surface area contributed by atoms with E-state index in [0.29, 0.717) is 11.4 Å². The van der Waals surface area contributed by atoms with E-state index in [2.05, 4.69) is 5.32 Å². The van der Waals surface area contributed by atoms with E-state index in [1.807, 2.05) is 18.2 Å². The van der Waals surface area contributed by atoms with Gasteiger partial charge in [-0.25, -0.2) is 8.78 Å². The Morgan fingerprint density at radius 1 is 1.23 bits per heavy atom. The van der Waals surface area contributed by atoms with Crippen LogP contribution in [-0.2, 0) is 11.2 Å². The normalized spacial score (nSPS) is 12.0. The summed E-state index contributed by atoms with van der Waals surface area (Å²) in [7, 11) is 0. The van der Waals surface area contributed by atoms with E-state index in [1.54, 1.807) is 13.0 Å². The Labute approximate surface area is 133 Å². The van der Waals surface area contributed by atoms with Crippen LogP contribution in [0.5, 0.6) is 0 Å². The van der Waals surface area contributed by atoms with Crippen molar-refractivity contribution in [3.63, 3.8) is 0 Å². The van der Waals surface area contributed by atoms with Gasteiger partial charge in [-0.1, -0.05) is 35.9 Å². The molecule has 2 nitrogen and oxygen atoms in total. The minimum absolute atomic E-state index is 0.212. The summed E-state index contributed by atoms with van der Waals surface area (Å²) in [5.41, 5.74) is 1.15. The Bertz CT molecular complexity index is 675. The lowest BCUT2D eigenvalue weighted by Gasteiger charge is -2.15. The standard InChI is InChI=1S/C17H16ClF2NO/c1-11(14-8-7-13(19)10-16(14)20)21-17(22)9-6-12-4-2-3-5-15(12)18/h2-5,7-8,10-11H,6,9H2,1H3,(H,21,22). The average molecular weight is 324 g/mol. The monoisotopic (exact) mass is 323 g/mol. The third kappa shape index (κ3) is 4.28. The summed E-state index contributed by atoms with van der Waals surface area (Å²) in [5, 5.41) is 3.32. The number of amides is 1. The highest BCUT2D eigenvalue weighted by atomic mass is 35.5. The first kappa shape index (κ1) is 16.4. The lowest BCUT2D eigenvalue weighted by Crippen LogP contribution is -2.27. The predicted molar refractivity (Wildman–Crippen MR) is 82.7 cm³/mol. The molecule has 116 valence electrons. The molecule has 2 rings (SSSR count). The summed E-state index contributed by atoms with van der Waals surface area (Å²) < 4.78 is 26.5. The van der Waals surface area contributed by atoms with Crippen molar-refractivity contribution in [1.29, 1.82) is 0 Å². The second kappa shape index (κ2) is 7.36. The van der Waals surface area contributed by atoms with Crippen molar-refractivity contribution in [3.8, 4) is 0 Å². The van der Waals surface area contributed by atoms with Crippen LogP contribution in [0, 0.1) is 11.6 Å². The van der Waals surface area contributed by atoms with Crippen LogP contribution >= 0.6 is 11.6 Å². The molecule has 22 heavy (non-hydrogen) atoms. The molecule has 1 N–H and O–H groups in total. The first-order valence-electron chi connectivity index (χ1n) is 6.95. The van der Waals surface area contributed by atoms with Gasteiger partial charge in [-0.05, 0) is 31.0 Å². The van der Waals surface area contributed by atoms with Crippen molar-refractivity contribution >= 4 is 17.5 Å². The molecule has 0 aliphatic rings. The zero-order valence-corrected chi connectivity index (χ0v) is 12.8. The molecule has 0 aromatic heterocycles. The molecular weight excluding hydrogens is 308 g/mol. The number of benzene rings is 2. The van der Waals surface area contributed by atoms with E-state index in [0.717, 1.165) is 11.6 Å². The van der Waals surface area contributed by atoms with Gasteiger partial charge in [0, 0.05) is 23.1 Å². The molecule has 0 spiro atoms. The molecule has 2 aromatic rings. The van der Waals surface area contributed by atoms with Crippen LogP contribution in [0.1, 0.15) is 30.5 Å². The summed E-state index contributed by atoms with van der Waals surface area (Å²) in [6, 6.07) is 10.1. The highest BCUT2D eigenvalue weighted by Crippen LogP contribution is 2.19. The van der Waals surface area contributed by atoms with Crippen molar-refractivity contribution in [2.45, 2.75) is 25.8 Å². The molecule has 0 saturated carbocycles. The molecule has 2 aromatic carbocycles. The molecule has 0 bridgehead atoms. The van der Waals surface area contributed by atoms with E-state index < -0.39 is 17.7 Å². The van der Waals surface area contributed by atoms with Gasteiger partial charge < -0.3 is 5.32 Å². The number of nitrogens with one attached hydrogen (secondary N) is 1. The van der Waals surface area contributed by atoms with Crippen LogP contribution in [-0.4, -0.2) is 5.91 Å². The molecule has 0 fully saturated rings. The molecule has 0 aliphatic carbocycles. The summed E-state index contributed by atoms with van der Waals surface area (Å²) >= 11 is 6.03. The highest BCUT2D eigenvalue weighted by Gasteiger charge is 2.14. The average Bonchev–Trinajstić information content (AvgIpc) is 2.46. The number of hydrogen-bond donors (Lipinski definition) is 1. The Morgan fingerprint density at radius 2 is 1.95 bits per heavy atom. The number of carbonyl (C=O) groups is 1. The Morgan fingerprint density at radius 3 is 2.64 bits per heavy atom. The van der Waals surface area contributed by atoms with Gasteiger partial charge in [-0.15, -0.1) is 0 Å². The van der Waals surface area contributed by atoms with Crippen molar-refractivity contribution in [1.82, 2.24) is 5.32 Å². The van der Waals surface area contributed by atoms with Gasteiger partial charge in [0.25, 0.3) is 0 Å². The second-order valence-electron chi connectivity index (χ2n) is 5.05. The van der Waals surface area contributed by atoms with Crippen molar-refractivity contribution in [2.24, 2.45) is 0 Å². The maximum Gasteiger partial charge on any atom is 0.220 e. The van der Waals surface area contributed by atoms with Crippen molar-refractivity contribution < 1.29 is 13.6 Å². The van der Waals surface area contributed by atoms with Crippen molar-refractivity contribution in [3.05, 3.63) is 70.2 Å². The third-order valence-electron chi connectivity index (χ3n) is 3.39. The van der Waals surface area contributed by atoms with E-state index in [4.69, 9.17) is 11.6 Å². The zero-order chi connectivity index (χ0) is 16.1. The van der Waals surface area contributed by atoms with Crippen LogP contribution in [0.4, 0.5) is 8.78 Å². The van der Waals surface area contributed by atoms with Gasteiger partial charge in [-0.3, -0.25) is 4.79 Å². The quantitative estimate of drug-likeness (QED) is 0.866. The number of rotatable bonds is 5. The minimum Gasteiger partial charge on any atom is -0.349 e. The molecule has 0 heterocycles. The lowest BCUT2D eigenvalue weighted by atomic mass is 10.1. The number of halogens is 3. The third-order valence-corrected chi connectivity index (χ3v) is 3.75. The fraction of sp³-hybridized carbons (Fsp3) is 0.235. The molecule has 0 radical (unpaired) electrons. The topological polar surface area (TPSA) is 29.1 Å². The van der Waals surface area contributed by atoms with Gasteiger partial charge in [0.05, 0.1) is 6.04 Å². The molecule has 1 amide bonds. The minimum atomic E-state index is -0.668.